The maximum atomic E-state index is 11.1. The van der Waals surface area contributed by atoms with Gasteiger partial charge >= 0.3 is 5.69 Å². The van der Waals surface area contributed by atoms with Gasteiger partial charge in [0, 0.05) is 12.6 Å². The zero-order chi connectivity index (χ0) is 15.8. The molecule has 0 heterocycles. The third-order valence-electron chi connectivity index (χ3n) is 2.95. The summed E-state index contributed by atoms with van der Waals surface area (Å²) in [5.74, 6) is -0.860. The largest absolute Gasteiger partial charge is 0.486 e. The Bertz CT molecular complexity index is 505. The van der Waals surface area contributed by atoms with E-state index in [2.05, 4.69) is 5.32 Å². The van der Waals surface area contributed by atoms with Crippen molar-refractivity contribution < 1.29 is 14.5 Å². The van der Waals surface area contributed by atoms with Gasteiger partial charge in [-0.15, -0.1) is 0 Å². The quantitative estimate of drug-likeness (QED) is 0.408. The van der Waals surface area contributed by atoms with Crippen LogP contribution in [0.3, 0.4) is 0 Å². The molecule has 0 saturated carbocycles. The van der Waals surface area contributed by atoms with Gasteiger partial charge in [0.2, 0.25) is 5.91 Å². The zero-order valence-electron chi connectivity index (χ0n) is 12.3. The minimum Gasteiger partial charge on any atom is -0.486 e. The highest BCUT2D eigenvalue weighted by atomic mass is 16.6. The smallest absolute Gasteiger partial charge is 0.311 e. The number of carbonyl (C=O) groups is 1. The minimum absolute atomic E-state index is 0.0175. The average molecular weight is 295 g/mol. The number of hydrogen-bond donors (Lipinski definition) is 2. The van der Waals surface area contributed by atoms with Crippen LogP contribution in [0.25, 0.3) is 0 Å². The molecule has 1 amide bonds. The highest BCUT2D eigenvalue weighted by Gasteiger charge is 2.18. The molecule has 1 rings (SSSR count). The first-order valence-electron chi connectivity index (χ1n) is 6.85. The standard InChI is InChI=1S/C14H21N3O4/c1-3-6-16-8-11-4-5-13(12(7-11)17(19)20)21-9-10(2)14(15)18/h4-5,7,10,16H,3,6,8-9H2,1-2H3,(H2,15,18). The van der Waals surface area contributed by atoms with Gasteiger partial charge in [-0.3, -0.25) is 14.9 Å². The summed E-state index contributed by atoms with van der Waals surface area (Å²) in [5, 5.41) is 14.3. The molecule has 0 saturated heterocycles. The number of benzene rings is 1. The van der Waals surface area contributed by atoms with Crippen LogP contribution in [0, 0.1) is 16.0 Å². The summed E-state index contributed by atoms with van der Waals surface area (Å²) >= 11 is 0. The normalized spacial score (nSPS) is 11.9. The number of nitrogens with two attached hydrogens (primary N) is 1. The molecule has 0 fully saturated rings. The third-order valence-corrected chi connectivity index (χ3v) is 2.95. The van der Waals surface area contributed by atoms with Gasteiger partial charge in [0.05, 0.1) is 17.4 Å². The van der Waals surface area contributed by atoms with E-state index in [4.69, 9.17) is 10.5 Å². The number of nitro benzene ring substituents is 1. The van der Waals surface area contributed by atoms with Crippen LogP contribution in [0.4, 0.5) is 5.69 Å². The molecule has 1 aromatic carbocycles. The molecule has 116 valence electrons. The SMILES string of the molecule is CCCNCc1ccc(OCC(C)C(N)=O)c([N+](=O)[O-])c1. The Balaban J connectivity index is 2.79. The van der Waals surface area contributed by atoms with E-state index < -0.39 is 16.7 Å². The molecule has 0 aliphatic heterocycles. The van der Waals surface area contributed by atoms with E-state index in [1.807, 2.05) is 6.92 Å². The first kappa shape index (κ1) is 16.9. The number of nitrogens with zero attached hydrogens (tertiary/aromatic N) is 1. The molecule has 0 aliphatic rings. The van der Waals surface area contributed by atoms with Crippen molar-refractivity contribution in [3.8, 4) is 5.75 Å². The topological polar surface area (TPSA) is 107 Å². The predicted molar refractivity (Wildman–Crippen MR) is 78.9 cm³/mol. The van der Waals surface area contributed by atoms with Crippen molar-refractivity contribution in [2.75, 3.05) is 13.2 Å². The lowest BCUT2D eigenvalue weighted by Gasteiger charge is -2.11. The van der Waals surface area contributed by atoms with Gasteiger partial charge in [-0.1, -0.05) is 19.9 Å². The molecule has 1 unspecified atom stereocenters. The number of primary amides is 1. The molecule has 7 heteroatoms. The van der Waals surface area contributed by atoms with Crippen molar-refractivity contribution in [2.45, 2.75) is 26.8 Å². The summed E-state index contributed by atoms with van der Waals surface area (Å²) in [4.78, 5) is 21.5. The summed E-state index contributed by atoms with van der Waals surface area (Å²) in [6, 6.07) is 4.79. The van der Waals surface area contributed by atoms with Crippen LogP contribution in [0.5, 0.6) is 5.75 Å². The highest BCUT2D eigenvalue weighted by molar-refractivity contribution is 5.76. The van der Waals surface area contributed by atoms with Gasteiger partial charge in [-0.2, -0.15) is 0 Å². The van der Waals surface area contributed by atoms with Crippen molar-refractivity contribution in [3.05, 3.63) is 33.9 Å². The average Bonchev–Trinajstić information content (AvgIpc) is 2.45. The van der Waals surface area contributed by atoms with Crippen molar-refractivity contribution in [2.24, 2.45) is 11.7 Å². The van der Waals surface area contributed by atoms with Gasteiger partial charge in [-0.05, 0) is 24.6 Å². The molecule has 21 heavy (non-hydrogen) atoms. The van der Waals surface area contributed by atoms with E-state index in [9.17, 15) is 14.9 Å². The number of hydrogen-bond acceptors (Lipinski definition) is 5. The van der Waals surface area contributed by atoms with Crippen molar-refractivity contribution >= 4 is 11.6 Å². The Morgan fingerprint density at radius 1 is 1.52 bits per heavy atom. The molecule has 1 aromatic rings. The Kier molecular flexibility index (Phi) is 6.61. The van der Waals surface area contributed by atoms with E-state index in [1.165, 1.54) is 6.07 Å². The maximum absolute atomic E-state index is 11.1. The molecule has 1 atom stereocenters. The molecule has 0 radical (unpaired) electrons. The fourth-order valence-electron chi connectivity index (χ4n) is 1.64. The number of nitrogens with one attached hydrogen (secondary N) is 1. The molecular formula is C14H21N3O4. The maximum Gasteiger partial charge on any atom is 0.311 e. The Morgan fingerprint density at radius 2 is 2.24 bits per heavy atom. The van der Waals surface area contributed by atoms with E-state index >= 15 is 0 Å². The number of rotatable bonds is 9. The van der Waals surface area contributed by atoms with Gasteiger partial charge in [0.15, 0.2) is 5.75 Å². The van der Waals surface area contributed by atoms with E-state index in [0.29, 0.717) is 6.54 Å². The van der Waals surface area contributed by atoms with Crippen LogP contribution >= 0.6 is 0 Å². The highest BCUT2D eigenvalue weighted by Crippen LogP contribution is 2.28. The Hall–Kier alpha value is -2.15. The lowest BCUT2D eigenvalue weighted by molar-refractivity contribution is -0.386. The van der Waals surface area contributed by atoms with Crippen LogP contribution in [0.1, 0.15) is 25.8 Å². The second-order valence-electron chi connectivity index (χ2n) is 4.85. The molecule has 3 N–H and O–H groups in total. The fourth-order valence-corrected chi connectivity index (χ4v) is 1.64. The first-order chi connectivity index (χ1) is 9.95. The van der Waals surface area contributed by atoms with Crippen LogP contribution < -0.4 is 15.8 Å². The van der Waals surface area contributed by atoms with Crippen molar-refractivity contribution in [1.82, 2.24) is 5.32 Å². The van der Waals surface area contributed by atoms with Crippen LogP contribution in [0.15, 0.2) is 18.2 Å². The van der Waals surface area contributed by atoms with Crippen LogP contribution in [0.2, 0.25) is 0 Å². The number of amides is 1. The van der Waals surface area contributed by atoms with E-state index in [1.54, 1.807) is 19.1 Å². The number of carbonyl (C=O) groups excluding carboxylic acids is 1. The summed E-state index contributed by atoms with van der Waals surface area (Å²) in [5.41, 5.74) is 5.83. The van der Waals surface area contributed by atoms with Gasteiger partial charge in [-0.25, -0.2) is 0 Å². The molecule has 0 aromatic heterocycles. The number of nitro groups is 1. The van der Waals surface area contributed by atoms with Gasteiger partial charge < -0.3 is 15.8 Å². The molecule has 0 spiro atoms. The predicted octanol–water partition coefficient (Wildman–Crippen LogP) is 1.59. The minimum atomic E-state index is -0.504. The Morgan fingerprint density at radius 3 is 2.81 bits per heavy atom. The summed E-state index contributed by atoms with van der Waals surface area (Å²) in [6.45, 7) is 5.09. The molecule has 0 aliphatic carbocycles. The van der Waals surface area contributed by atoms with E-state index in [0.717, 1.165) is 18.5 Å². The third kappa shape index (κ3) is 5.39. The Labute approximate surface area is 123 Å². The fraction of sp³-hybridized carbons (Fsp3) is 0.500. The van der Waals surface area contributed by atoms with Crippen molar-refractivity contribution in [1.29, 1.82) is 0 Å². The summed E-state index contributed by atoms with van der Waals surface area (Å²) < 4.78 is 5.34. The van der Waals surface area contributed by atoms with E-state index in [-0.39, 0.29) is 18.0 Å². The second-order valence-corrected chi connectivity index (χ2v) is 4.85. The number of ether oxygens (including phenoxy) is 1. The first-order valence-corrected chi connectivity index (χ1v) is 6.85. The van der Waals surface area contributed by atoms with Crippen LogP contribution in [-0.4, -0.2) is 24.0 Å². The lowest BCUT2D eigenvalue weighted by Crippen LogP contribution is -2.25. The second kappa shape index (κ2) is 8.21. The molecule has 7 nitrogen and oxygen atoms in total. The lowest BCUT2D eigenvalue weighted by atomic mass is 10.1. The monoisotopic (exact) mass is 295 g/mol. The summed E-state index contributed by atoms with van der Waals surface area (Å²) in [7, 11) is 0. The van der Waals surface area contributed by atoms with Crippen molar-refractivity contribution in [3.63, 3.8) is 0 Å². The van der Waals surface area contributed by atoms with Gasteiger partial charge in [0.1, 0.15) is 0 Å². The zero-order valence-corrected chi connectivity index (χ0v) is 12.3. The summed E-state index contributed by atoms with van der Waals surface area (Å²) in [6.07, 6.45) is 0.994. The molecule has 0 bridgehead atoms. The van der Waals surface area contributed by atoms with Crippen LogP contribution in [-0.2, 0) is 11.3 Å². The van der Waals surface area contributed by atoms with Gasteiger partial charge in [0.25, 0.3) is 0 Å². The molecular weight excluding hydrogens is 274 g/mol.